The molecule has 5 rings (SSSR count). The number of amides is 1. The third kappa shape index (κ3) is 4.78. The molecule has 0 bridgehead atoms. The highest BCUT2D eigenvalue weighted by Gasteiger charge is 2.28. The van der Waals surface area contributed by atoms with Crippen LogP contribution in [0.1, 0.15) is 30.7 Å². The number of pyridine rings is 1. The summed E-state index contributed by atoms with van der Waals surface area (Å²) in [7, 11) is 0. The third-order valence-corrected chi connectivity index (χ3v) is 8.11. The fourth-order valence-corrected chi connectivity index (χ4v) is 6.53. The summed E-state index contributed by atoms with van der Waals surface area (Å²) in [4.78, 5) is 25.7. The van der Waals surface area contributed by atoms with Gasteiger partial charge in [0.1, 0.15) is 10.0 Å². The molecule has 3 aromatic heterocycles. The molecule has 4 heterocycles. The Morgan fingerprint density at radius 3 is 2.85 bits per heavy atom. The molecule has 2 N–H and O–H groups in total. The van der Waals surface area contributed by atoms with Crippen LogP contribution in [-0.2, 0) is 17.8 Å². The van der Waals surface area contributed by atoms with E-state index in [0.717, 1.165) is 46.3 Å². The lowest BCUT2D eigenvalue weighted by Gasteiger charge is -2.30. The maximum Gasteiger partial charge on any atom is 0.226 e. The second-order valence-electron chi connectivity index (χ2n) is 8.48. The Balaban J connectivity index is 1.40. The Hall–Kier alpha value is -2.81. The van der Waals surface area contributed by atoms with Crippen molar-refractivity contribution in [1.29, 1.82) is 0 Å². The molecule has 0 unspecified atom stereocenters. The van der Waals surface area contributed by atoms with Crippen molar-refractivity contribution in [2.45, 2.75) is 39.3 Å². The fourth-order valence-electron chi connectivity index (χ4n) is 4.13. The van der Waals surface area contributed by atoms with E-state index in [9.17, 15) is 4.79 Å². The lowest BCUT2D eigenvalue weighted by Crippen LogP contribution is -2.35. The SMILES string of the molecule is CC(C)N1CCc2c(sc(NC(=O)CCNc3cccnc3)c2-c2nc3ccccc3s2)C1. The molecule has 4 aromatic rings. The van der Waals surface area contributed by atoms with Gasteiger partial charge in [0.05, 0.1) is 15.9 Å². The van der Waals surface area contributed by atoms with Crippen molar-refractivity contribution in [2.24, 2.45) is 0 Å². The zero-order valence-electron chi connectivity index (χ0n) is 18.8. The van der Waals surface area contributed by atoms with Crippen LogP contribution >= 0.6 is 22.7 Å². The van der Waals surface area contributed by atoms with Crippen LogP contribution < -0.4 is 10.6 Å². The average Bonchev–Trinajstić information content (AvgIpc) is 3.39. The smallest absolute Gasteiger partial charge is 0.226 e. The lowest BCUT2D eigenvalue weighted by atomic mass is 10.0. The summed E-state index contributed by atoms with van der Waals surface area (Å²) >= 11 is 3.41. The number of thiazole rings is 1. The monoisotopic (exact) mass is 477 g/mol. The molecule has 0 fully saturated rings. The summed E-state index contributed by atoms with van der Waals surface area (Å²) < 4.78 is 1.17. The van der Waals surface area contributed by atoms with Gasteiger partial charge in [-0.3, -0.25) is 14.7 Å². The minimum Gasteiger partial charge on any atom is -0.383 e. The Morgan fingerprint density at radius 2 is 2.06 bits per heavy atom. The number of carbonyl (C=O) groups is 1. The maximum absolute atomic E-state index is 12.9. The number of thiophene rings is 1. The number of rotatable bonds is 7. The molecule has 1 aliphatic rings. The van der Waals surface area contributed by atoms with Gasteiger partial charge < -0.3 is 10.6 Å². The van der Waals surface area contributed by atoms with Crippen molar-refractivity contribution in [2.75, 3.05) is 23.7 Å². The quantitative estimate of drug-likeness (QED) is 0.361. The molecule has 8 heteroatoms. The number of nitrogens with one attached hydrogen (secondary N) is 2. The van der Waals surface area contributed by atoms with E-state index in [2.05, 4.69) is 46.5 Å². The van der Waals surface area contributed by atoms with Gasteiger partial charge in [-0.1, -0.05) is 12.1 Å². The van der Waals surface area contributed by atoms with E-state index in [-0.39, 0.29) is 5.91 Å². The first kappa shape index (κ1) is 22.0. The van der Waals surface area contributed by atoms with E-state index in [1.165, 1.54) is 15.1 Å². The second-order valence-corrected chi connectivity index (χ2v) is 10.6. The van der Waals surface area contributed by atoms with Crippen molar-refractivity contribution in [3.63, 3.8) is 0 Å². The van der Waals surface area contributed by atoms with Crippen LogP contribution in [0.4, 0.5) is 10.7 Å². The molecular weight excluding hydrogens is 450 g/mol. The summed E-state index contributed by atoms with van der Waals surface area (Å²) in [5.74, 6) is 0.00747. The lowest BCUT2D eigenvalue weighted by molar-refractivity contribution is -0.115. The van der Waals surface area contributed by atoms with Gasteiger partial charge >= 0.3 is 0 Å². The molecule has 6 nitrogen and oxygen atoms in total. The van der Waals surface area contributed by atoms with Crippen LogP contribution in [-0.4, -0.2) is 39.9 Å². The van der Waals surface area contributed by atoms with E-state index in [4.69, 9.17) is 4.98 Å². The van der Waals surface area contributed by atoms with E-state index >= 15 is 0 Å². The Kier molecular flexibility index (Phi) is 6.39. The number of carbonyl (C=O) groups excluding carboxylic acids is 1. The minimum atomic E-state index is 0.00747. The van der Waals surface area contributed by atoms with Crippen LogP contribution in [0.25, 0.3) is 20.8 Å². The topological polar surface area (TPSA) is 70.2 Å². The Labute approximate surface area is 201 Å². The van der Waals surface area contributed by atoms with Gasteiger partial charge in [-0.05, 0) is 50.1 Å². The van der Waals surface area contributed by atoms with Gasteiger partial charge in [-0.2, -0.15) is 0 Å². The molecule has 0 saturated carbocycles. The number of nitrogens with zero attached hydrogens (tertiary/aromatic N) is 3. The maximum atomic E-state index is 12.9. The van der Waals surface area contributed by atoms with Gasteiger partial charge in [0.25, 0.3) is 0 Å². The molecule has 1 aliphatic heterocycles. The number of hydrogen-bond donors (Lipinski definition) is 2. The van der Waals surface area contributed by atoms with Gasteiger partial charge in [0.15, 0.2) is 0 Å². The van der Waals surface area contributed by atoms with Gasteiger partial charge in [0, 0.05) is 54.9 Å². The minimum absolute atomic E-state index is 0.00747. The summed E-state index contributed by atoms with van der Waals surface area (Å²) in [6, 6.07) is 12.6. The van der Waals surface area contributed by atoms with Crippen LogP contribution in [0.5, 0.6) is 0 Å². The number of aromatic nitrogens is 2. The van der Waals surface area contributed by atoms with Gasteiger partial charge in [-0.25, -0.2) is 4.98 Å². The molecule has 0 aliphatic carbocycles. The highest BCUT2D eigenvalue weighted by Crippen LogP contribution is 2.45. The normalized spacial score (nSPS) is 13.9. The first-order valence-electron chi connectivity index (χ1n) is 11.3. The Bertz CT molecular complexity index is 1230. The van der Waals surface area contributed by atoms with Gasteiger partial charge in [0.2, 0.25) is 5.91 Å². The molecule has 170 valence electrons. The molecule has 0 radical (unpaired) electrons. The highest BCUT2D eigenvalue weighted by molar-refractivity contribution is 7.22. The zero-order valence-corrected chi connectivity index (χ0v) is 20.4. The van der Waals surface area contributed by atoms with Crippen molar-refractivity contribution < 1.29 is 4.79 Å². The number of anilines is 2. The van der Waals surface area contributed by atoms with E-state index < -0.39 is 0 Å². The number of hydrogen-bond acceptors (Lipinski definition) is 7. The highest BCUT2D eigenvalue weighted by atomic mass is 32.1. The third-order valence-electron chi connectivity index (χ3n) is 5.92. The average molecular weight is 478 g/mol. The Morgan fingerprint density at radius 1 is 1.18 bits per heavy atom. The first-order chi connectivity index (χ1) is 16.1. The number of fused-ring (bicyclic) bond motifs is 2. The first-order valence-corrected chi connectivity index (χ1v) is 12.9. The molecule has 0 saturated heterocycles. The van der Waals surface area contributed by atoms with Crippen LogP contribution in [0.15, 0.2) is 48.8 Å². The summed E-state index contributed by atoms with van der Waals surface area (Å²) in [5.41, 5.74) is 4.39. The molecule has 1 amide bonds. The van der Waals surface area contributed by atoms with Crippen molar-refractivity contribution in [3.05, 3.63) is 59.2 Å². The largest absolute Gasteiger partial charge is 0.383 e. The van der Waals surface area contributed by atoms with Crippen LogP contribution in [0, 0.1) is 0 Å². The second kappa shape index (κ2) is 9.59. The predicted octanol–water partition coefficient (Wildman–Crippen LogP) is 5.63. The molecule has 0 spiro atoms. The molecule has 0 atom stereocenters. The summed E-state index contributed by atoms with van der Waals surface area (Å²) in [6.45, 7) is 6.99. The zero-order chi connectivity index (χ0) is 22.8. The van der Waals surface area contributed by atoms with Crippen LogP contribution in [0.2, 0.25) is 0 Å². The van der Waals surface area contributed by atoms with E-state index in [1.807, 2.05) is 24.3 Å². The van der Waals surface area contributed by atoms with Crippen molar-refractivity contribution in [1.82, 2.24) is 14.9 Å². The number of benzene rings is 1. The summed E-state index contributed by atoms with van der Waals surface area (Å²) in [5, 5.41) is 8.39. The van der Waals surface area contributed by atoms with Gasteiger partial charge in [-0.15, -0.1) is 22.7 Å². The van der Waals surface area contributed by atoms with Crippen LogP contribution in [0.3, 0.4) is 0 Å². The molecule has 1 aromatic carbocycles. The van der Waals surface area contributed by atoms with Crippen molar-refractivity contribution in [3.8, 4) is 10.6 Å². The summed E-state index contributed by atoms with van der Waals surface area (Å²) in [6.07, 6.45) is 4.86. The van der Waals surface area contributed by atoms with E-state index in [1.54, 1.807) is 35.1 Å². The molecular formula is C25H27N5OS2. The molecule has 33 heavy (non-hydrogen) atoms. The standard InChI is InChI=1S/C25H27N5OS2/c1-16(2)30-13-10-18-21(15-30)33-25(23(18)24-28-19-7-3-4-8-20(19)32-24)29-22(31)9-12-27-17-6-5-11-26-14-17/h3-8,11,14,16,27H,9-10,12-13,15H2,1-2H3,(H,29,31). The van der Waals surface area contributed by atoms with E-state index in [0.29, 0.717) is 19.0 Å². The number of para-hydroxylation sites is 1. The fraction of sp³-hybridized carbons (Fsp3) is 0.320. The van der Waals surface area contributed by atoms with Crippen molar-refractivity contribution >= 4 is 49.5 Å². The predicted molar refractivity (Wildman–Crippen MR) is 138 cm³/mol.